The maximum Gasteiger partial charge on any atom is 0.323 e. The molecular formula is C22H33N9O3. The number of anilines is 2. The summed E-state index contributed by atoms with van der Waals surface area (Å²) in [6.45, 7) is 10.1. The maximum absolute atomic E-state index is 10.6. The minimum atomic E-state index is 0.203. The van der Waals surface area contributed by atoms with Crippen molar-refractivity contribution in [3.05, 3.63) is 23.8 Å². The molecule has 184 valence electrons. The lowest BCUT2D eigenvalue weighted by Gasteiger charge is -2.35. The minimum absolute atomic E-state index is 0.203. The zero-order valence-electron chi connectivity index (χ0n) is 20.2. The van der Waals surface area contributed by atoms with E-state index in [1.807, 2.05) is 13.1 Å². The molecule has 2 aromatic heterocycles. The highest BCUT2D eigenvalue weighted by atomic mass is 16.7. The van der Waals surface area contributed by atoms with Gasteiger partial charge in [0.25, 0.3) is 0 Å². The van der Waals surface area contributed by atoms with Crippen LogP contribution in [0.25, 0.3) is 0 Å². The van der Waals surface area contributed by atoms with Gasteiger partial charge in [-0.1, -0.05) is 16.7 Å². The summed E-state index contributed by atoms with van der Waals surface area (Å²) in [5, 5.41) is 14.2. The molecule has 0 saturated heterocycles. The van der Waals surface area contributed by atoms with Gasteiger partial charge in [-0.25, -0.2) is 15.0 Å². The maximum atomic E-state index is 10.6. The van der Waals surface area contributed by atoms with E-state index >= 15 is 0 Å². The Morgan fingerprint density at radius 3 is 2.79 bits per heavy atom. The van der Waals surface area contributed by atoms with E-state index in [0.717, 1.165) is 11.4 Å². The predicted octanol–water partition coefficient (Wildman–Crippen LogP) is 2.37. The van der Waals surface area contributed by atoms with Crippen LogP contribution in [0.3, 0.4) is 0 Å². The van der Waals surface area contributed by atoms with Crippen molar-refractivity contribution in [3.8, 4) is 0 Å². The van der Waals surface area contributed by atoms with Crippen molar-refractivity contribution in [3.63, 3.8) is 0 Å². The Bertz CT molecular complexity index is 976. The molecule has 1 aliphatic carbocycles. The summed E-state index contributed by atoms with van der Waals surface area (Å²) >= 11 is 0. The second-order valence-corrected chi connectivity index (χ2v) is 8.24. The second kappa shape index (κ2) is 12.1. The molecule has 2 heterocycles. The number of amidine groups is 1. The van der Waals surface area contributed by atoms with Gasteiger partial charge in [0.2, 0.25) is 11.7 Å². The lowest BCUT2D eigenvalue weighted by molar-refractivity contribution is -0.128. The first-order valence-electron chi connectivity index (χ1n) is 11.3. The SMILES string of the molecule is C=Nc1nc(/C(=N/OC=O)NC)nc(N[C@H](C)C2CCC2)c1N(CC)CN(C)Cc1ccon1. The van der Waals surface area contributed by atoms with Gasteiger partial charge in [-0.3, -0.25) is 9.69 Å². The first-order valence-corrected chi connectivity index (χ1v) is 11.3. The quantitative estimate of drug-likeness (QED) is 0.112. The van der Waals surface area contributed by atoms with E-state index in [0.29, 0.717) is 37.3 Å². The van der Waals surface area contributed by atoms with Crippen LogP contribution < -0.4 is 15.5 Å². The van der Waals surface area contributed by atoms with E-state index in [2.05, 4.69) is 66.1 Å². The van der Waals surface area contributed by atoms with Gasteiger partial charge in [0.15, 0.2) is 11.6 Å². The fourth-order valence-electron chi connectivity index (χ4n) is 3.86. The summed E-state index contributed by atoms with van der Waals surface area (Å²) in [4.78, 5) is 33.0. The molecule has 1 fully saturated rings. The van der Waals surface area contributed by atoms with Gasteiger partial charge < -0.3 is 24.9 Å². The van der Waals surface area contributed by atoms with Crippen LogP contribution in [-0.4, -0.2) is 72.4 Å². The lowest BCUT2D eigenvalue weighted by Crippen LogP contribution is -2.38. The van der Waals surface area contributed by atoms with Gasteiger partial charge in [-0.2, -0.15) is 0 Å². The van der Waals surface area contributed by atoms with Gasteiger partial charge in [-0.05, 0) is 46.4 Å². The number of rotatable bonds is 13. The van der Waals surface area contributed by atoms with Crippen molar-refractivity contribution in [1.82, 2.24) is 25.3 Å². The molecule has 3 rings (SSSR count). The van der Waals surface area contributed by atoms with Crippen molar-refractivity contribution in [2.24, 2.45) is 16.1 Å². The highest BCUT2D eigenvalue weighted by Gasteiger charge is 2.28. The molecular weight excluding hydrogens is 438 g/mol. The molecule has 1 atom stereocenters. The number of oxime groups is 1. The molecule has 2 aromatic rings. The monoisotopic (exact) mass is 471 g/mol. The normalized spacial score (nSPS) is 14.9. The fraction of sp³-hybridized carbons (Fsp3) is 0.545. The van der Waals surface area contributed by atoms with Crippen LogP contribution >= 0.6 is 0 Å². The van der Waals surface area contributed by atoms with Crippen LogP contribution in [0.15, 0.2) is 27.0 Å². The molecule has 1 saturated carbocycles. The summed E-state index contributed by atoms with van der Waals surface area (Å²) < 4.78 is 4.95. The van der Waals surface area contributed by atoms with Gasteiger partial charge in [-0.15, -0.1) is 0 Å². The number of nitrogens with zero attached hydrogens (tertiary/aromatic N) is 7. The molecule has 2 N–H and O–H groups in total. The first kappa shape index (κ1) is 25.1. The zero-order valence-corrected chi connectivity index (χ0v) is 20.2. The molecule has 34 heavy (non-hydrogen) atoms. The third kappa shape index (κ3) is 6.07. The number of nitrogens with one attached hydrogen (secondary N) is 2. The summed E-state index contributed by atoms with van der Waals surface area (Å²) in [5.74, 6) is 2.05. The van der Waals surface area contributed by atoms with Crippen LogP contribution in [0, 0.1) is 5.92 Å². The third-order valence-corrected chi connectivity index (χ3v) is 5.91. The predicted molar refractivity (Wildman–Crippen MR) is 130 cm³/mol. The fourth-order valence-corrected chi connectivity index (χ4v) is 3.86. The summed E-state index contributed by atoms with van der Waals surface area (Å²) in [7, 11) is 3.65. The van der Waals surface area contributed by atoms with Crippen LogP contribution in [0.1, 0.15) is 44.6 Å². The van der Waals surface area contributed by atoms with Gasteiger partial charge in [0.05, 0.1) is 12.4 Å². The summed E-state index contributed by atoms with van der Waals surface area (Å²) in [5.41, 5.74) is 1.58. The van der Waals surface area contributed by atoms with E-state index < -0.39 is 0 Å². The topological polar surface area (TPSA) is 133 Å². The van der Waals surface area contributed by atoms with Crippen molar-refractivity contribution < 1.29 is 14.2 Å². The Hall–Kier alpha value is -3.54. The average Bonchev–Trinajstić information content (AvgIpc) is 3.29. The van der Waals surface area contributed by atoms with Crippen molar-refractivity contribution in [2.45, 2.75) is 45.7 Å². The van der Waals surface area contributed by atoms with Gasteiger partial charge in [0, 0.05) is 32.2 Å². The van der Waals surface area contributed by atoms with E-state index in [-0.39, 0.29) is 24.2 Å². The molecule has 0 aliphatic heterocycles. The van der Waals surface area contributed by atoms with Gasteiger partial charge >= 0.3 is 6.47 Å². The highest BCUT2D eigenvalue weighted by molar-refractivity contribution is 5.96. The molecule has 12 heteroatoms. The van der Waals surface area contributed by atoms with Crippen molar-refractivity contribution in [2.75, 3.05) is 37.5 Å². The Kier molecular flexibility index (Phi) is 8.91. The van der Waals surface area contributed by atoms with Crippen LogP contribution in [0.5, 0.6) is 0 Å². The molecule has 0 radical (unpaired) electrons. The van der Waals surface area contributed by atoms with Crippen molar-refractivity contribution in [1.29, 1.82) is 0 Å². The van der Waals surface area contributed by atoms with Crippen LogP contribution in [-0.2, 0) is 16.2 Å². The number of hydrogen-bond acceptors (Lipinski definition) is 11. The number of carbonyl (C=O) groups is 1. The first-order chi connectivity index (χ1) is 16.5. The smallest absolute Gasteiger partial charge is 0.323 e. The Morgan fingerprint density at radius 1 is 1.44 bits per heavy atom. The lowest BCUT2D eigenvalue weighted by atomic mass is 9.80. The molecule has 0 bridgehead atoms. The van der Waals surface area contributed by atoms with E-state index in [1.54, 1.807) is 13.3 Å². The Morgan fingerprint density at radius 2 is 2.24 bits per heavy atom. The zero-order chi connectivity index (χ0) is 24.5. The average molecular weight is 472 g/mol. The molecule has 0 spiro atoms. The van der Waals surface area contributed by atoms with E-state index in [4.69, 9.17) is 9.51 Å². The number of aliphatic imine (C=N–C) groups is 1. The standard InChI is InChI=1S/C22H33N9O3/c1-6-31(13-30(5)12-17-10-11-33-28-17)18-19(23-3)26-22(21(24-4)29-34-14-32)27-20(18)25-15(2)16-8-7-9-16/h10-11,14-16H,3,6-9,12-13H2,1-2,4-5H3,(H,24,29)(H,25,26,27)/t15-/m1/s1. The molecule has 0 amide bonds. The Balaban J connectivity index is 1.98. The molecule has 12 nitrogen and oxygen atoms in total. The summed E-state index contributed by atoms with van der Waals surface area (Å²) in [6.07, 6.45) is 5.17. The van der Waals surface area contributed by atoms with E-state index in [9.17, 15) is 4.79 Å². The Labute approximate surface area is 199 Å². The van der Waals surface area contributed by atoms with Gasteiger partial charge in [0.1, 0.15) is 12.0 Å². The number of hydrogen-bond donors (Lipinski definition) is 2. The second-order valence-electron chi connectivity index (χ2n) is 8.24. The molecule has 0 unspecified atom stereocenters. The molecule has 0 aromatic carbocycles. The van der Waals surface area contributed by atoms with E-state index in [1.165, 1.54) is 19.3 Å². The number of carbonyl (C=O) groups excluding carboxylic acids is 1. The third-order valence-electron chi connectivity index (χ3n) is 5.91. The van der Waals surface area contributed by atoms with Crippen molar-refractivity contribution >= 4 is 36.3 Å². The van der Waals surface area contributed by atoms with Crippen LogP contribution in [0.2, 0.25) is 0 Å². The van der Waals surface area contributed by atoms with Crippen LogP contribution in [0.4, 0.5) is 17.3 Å². The number of aromatic nitrogens is 3. The largest absolute Gasteiger partial charge is 0.367 e. The highest BCUT2D eigenvalue weighted by Crippen LogP contribution is 2.37. The minimum Gasteiger partial charge on any atom is -0.367 e. The summed E-state index contributed by atoms with van der Waals surface area (Å²) in [6, 6.07) is 2.05. The molecule has 1 aliphatic rings.